The lowest BCUT2D eigenvalue weighted by Gasteiger charge is -2.15. The number of hydrogen-bond donors (Lipinski definition) is 2. The molecule has 2 aromatic rings. The van der Waals surface area contributed by atoms with Crippen LogP contribution in [0.2, 0.25) is 0 Å². The molecule has 1 heterocycles. The highest BCUT2D eigenvalue weighted by atomic mass is 19.1. The summed E-state index contributed by atoms with van der Waals surface area (Å²) in [6, 6.07) is 5.82. The van der Waals surface area contributed by atoms with Crippen LogP contribution in [0.25, 0.3) is 0 Å². The van der Waals surface area contributed by atoms with Gasteiger partial charge in [0.1, 0.15) is 18.5 Å². The summed E-state index contributed by atoms with van der Waals surface area (Å²) in [6.45, 7) is 3.10. The van der Waals surface area contributed by atoms with Gasteiger partial charge >= 0.3 is 5.97 Å². The fourth-order valence-corrected chi connectivity index (χ4v) is 2.51. The average Bonchev–Trinajstić information content (AvgIpc) is 2.62. The molecular weight excluding hydrogens is 355 g/mol. The first-order valence-corrected chi connectivity index (χ1v) is 8.26. The van der Waals surface area contributed by atoms with Crippen molar-refractivity contribution in [3.8, 4) is 11.5 Å². The van der Waals surface area contributed by atoms with Crippen LogP contribution in [0.5, 0.6) is 11.5 Å². The Labute approximate surface area is 156 Å². The summed E-state index contributed by atoms with van der Waals surface area (Å²) in [5.41, 5.74) is 1.38. The molecule has 2 N–H and O–H groups in total. The van der Waals surface area contributed by atoms with Gasteiger partial charge in [0.2, 0.25) is 0 Å². The van der Waals surface area contributed by atoms with Crippen molar-refractivity contribution in [3.63, 3.8) is 0 Å². The maximum Gasteiger partial charge on any atom is 0.325 e. The molecule has 7 nitrogen and oxygen atoms in total. The minimum atomic E-state index is -0.731. The molecule has 0 aliphatic rings. The van der Waals surface area contributed by atoms with Gasteiger partial charge in [-0.25, -0.2) is 9.37 Å². The van der Waals surface area contributed by atoms with Crippen molar-refractivity contribution in [1.82, 2.24) is 10.3 Å². The van der Waals surface area contributed by atoms with Crippen LogP contribution in [0.3, 0.4) is 0 Å². The number of methoxy groups -OCH3 is 1. The van der Waals surface area contributed by atoms with E-state index in [0.29, 0.717) is 6.42 Å². The molecule has 8 heteroatoms. The van der Waals surface area contributed by atoms with Crippen molar-refractivity contribution in [2.75, 3.05) is 13.7 Å². The van der Waals surface area contributed by atoms with E-state index < -0.39 is 23.7 Å². The SMILES string of the molecule is COc1ccnc(C(=O)NCC(=O)OC(C)Cc2ccc(F)cc2C)c1O. The zero-order chi connectivity index (χ0) is 20.0. The summed E-state index contributed by atoms with van der Waals surface area (Å²) in [5, 5.41) is 12.2. The number of aryl methyl sites for hydroxylation is 1. The first-order chi connectivity index (χ1) is 12.8. The molecule has 0 radical (unpaired) electrons. The molecule has 0 fully saturated rings. The number of carbonyl (C=O) groups is 2. The van der Waals surface area contributed by atoms with E-state index in [4.69, 9.17) is 9.47 Å². The fraction of sp³-hybridized carbons (Fsp3) is 0.316. The van der Waals surface area contributed by atoms with Crippen molar-refractivity contribution in [3.05, 3.63) is 53.1 Å². The van der Waals surface area contributed by atoms with Crippen molar-refractivity contribution >= 4 is 11.9 Å². The maximum absolute atomic E-state index is 13.1. The maximum atomic E-state index is 13.1. The minimum Gasteiger partial charge on any atom is -0.503 e. The van der Waals surface area contributed by atoms with Crippen molar-refractivity contribution in [1.29, 1.82) is 0 Å². The number of ether oxygens (including phenoxy) is 2. The average molecular weight is 376 g/mol. The van der Waals surface area contributed by atoms with Crippen molar-refractivity contribution in [2.45, 2.75) is 26.4 Å². The summed E-state index contributed by atoms with van der Waals surface area (Å²) in [5.74, 6) is -2.01. The highest BCUT2D eigenvalue weighted by Gasteiger charge is 2.18. The molecule has 0 spiro atoms. The summed E-state index contributed by atoms with van der Waals surface area (Å²) in [7, 11) is 1.35. The lowest BCUT2D eigenvalue weighted by atomic mass is 10.0. The quantitative estimate of drug-likeness (QED) is 0.719. The summed E-state index contributed by atoms with van der Waals surface area (Å²) >= 11 is 0. The van der Waals surface area contributed by atoms with Gasteiger partial charge in [0.25, 0.3) is 5.91 Å². The molecule has 1 amide bonds. The standard InChI is InChI=1S/C19H21FN2O5/c1-11-8-14(20)5-4-13(11)9-12(2)27-16(23)10-22-19(25)17-18(24)15(26-3)6-7-21-17/h4-8,12,24H,9-10H2,1-3H3,(H,22,25). The topological polar surface area (TPSA) is 97.8 Å². The van der Waals surface area contributed by atoms with Gasteiger partial charge < -0.3 is 19.9 Å². The number of benzene rings is 1. The number of carbonyl (C=O) groups excluding carboxylic acids is 2. The Morgan fingerprint density at radius 1 is 1.33 bits per heavy atom. The summed E-state index contributed by atoms with van der Waals surface area (Å²) in [6.07, 6.45) is 1.27. The zero-order valence-electron chi connectivity index (χ0n) is 15.3. The fourth-order valence-electron chi connectivity index (χ4n) is 2.51. The number of rotatable bonds is 7. The predicted octanol–water partition coefficient (Wildman–Crippen LogP) is 2.15. The van der Waals surface area contributed by atoms with E-state index in [1.807, 2.05) is 0 Å². The van der Waals surface area contributed by atoms with Crippen LogP contribution in [-0.2, 0) is 16.0 Å². The first kappa shape index (κ1) is 20.2. The van der Waals surface area contributed by atoms with Crippen LogP contribution < -0.4 is 10.1 Å². The number of pyridine rings is 1. The summed E-state index contributed by atoms with van der Waals surface area (Å²) in [4.78, 5) is 27.8. The lowest BCUT2D eigenvalue weighted by molar-refractivity contribution is -0.146. The van der Waals surface area contributed by atoms with Crippen molar-refractivity contribution < 1.29 is 28.6 Å². The Balaban J connectivity index is 1.87. The monoisotopic (exact) mass is 376 g/mol. The highest BCUT2D eigenvalue weighted by molar-refractivity contribution is 5.97. The van der Waals surface area contributed by atoms with E-state index in [1.54, 1.807) is 19.9 Å². The van der Waals surface area contributed by atoms with Gasteiger partial charge in [-0.2, -0.15) is 0 Å². The number of aromatic hydroxyl groups is 1. The van der Waals surface area contributed by atoms with Gasteiger partial charge in [-0.1, -0.05) is 6.07 Å². The number of aromatic nitrogens is 1. The van der Waals surface area contributed by atoms with Crippen LogP contribution in [-0.4, -0.2) is 41.7 Å². The van der Waals surface area contributed by atoms with Gasteiger partial charge in [0, 0.05) is 18.7 Å². The van der Waals surface area contributed by atoms with Gasteiger partial charge in [-0.05, 0) is 37.1 Å². The number of halogens is 1. The zero-order valence-corrected chi connectivity index (χ0v) is 15.3. The van der Waals surface area contributed by atoms with E-state index in [0.717, 1.165) is 11.1 Å². The molecule has 0 saturated carbocycles. The number of amides is 1. The van der Waals surface area contributed by atoms with Crippen LogP contribution in [0.15, 0.2) is 30.5 Å². The second kappa shape index (κ2) is 8.98. The molecule has 144 valence electrons. The first-order valence-electron chi connectivity index (χ1n) is 8.26. The minimum absolute atomic E-state index is 0.0982. The molecule has 27 heavy (non-hydrogen) atoms. The molecular formula is C19H21FN2O5. The van der Waals surface area contributed by atoms with E-state index in [1.165, 1.54) is 31.5 Å². The van der Waals surface area contributed by atoms with Crippen LogP contribution >= 0.6 is 0 Å². The molecule has 0 saturated heterocycles. The van der Waals surface area contributed by atoms with Crippen molar-refractivity contribution in [2.24, 2.45) is 0 Å². The molecule has 1 unspecified atom stereocenters. The van der Waals surface area contributed by atoms with E-state index >= 15 is 0 Å². The molecule has 0 bridgehead atoms. The number of hydrogen-bond acceptors (Lipinski definition) is 6. The molecule has 1 aromatic heterocycles. The third-order valence-corrected chi connectivity index (χ3v) is 3.86. The van der Waals surface area contributed by atoms with Gasteiger partial charge in [-0.15, -0.1) is 0 Å². The Morgan fingerprint density at radius 3 is 2.74 bits per heavy atom. The molecule has 0 aliphatic carbocycles. The Hall–Kier alpha value is -3.16. The Morgan fingerprint density at radius 2 is 2.07 bits per heavy atom. The lowest BCUT2D eigenvalue weighted by Crippen LogP contribution is -2.33. The van der Waals surface area contributed by atoms with E-state index in [9.17, 15) is 19.1 Å². The predicted molar refractivity (Wildman–Crippen MR) is 95.2 cm³/mol. The normalized spacial score (nSPS) is 11.6. The molecule has 1 atom stereocenters. The second-order valence-corrected chi connectivity index (χ2v) is 5.97. The summed E-state index contributed by atoms with van der Waals surface area (Å²) < 4.78 is 23.3. The van der Waals surface area contributed by atoms with Gasteiger partial charge in [-0.3, -0.25) is 9.59 Å². The third-order valence-electron chi connectivity index (χ3n) is 3.86. The molecule has 1 aromatic carbocycles. The molecule has 0 aliphatic heterocycles. The van der Waals surface area contributed by atoms with Gasteiger partial charge in [0.05, 0.1) is 7.11 Å². The van der Waals surface area contributed by atoms with Crippen LogP contribution in [0.4, 0.5) is 4.39 Å². The second-order valence-electron chi connectivity index (χ2n) is 5.97. The number of esters is 1. The number of nitrogens with one attached hydrogen (secondary N) is 1. The van der Waals surface area contributed by atoms with Gasteiger partial charge in [0.15, 0.2) is 17.2 Å². The van der Waals surface area contributed by atoms with E-state index in [-0.39, 0.29) is 23.8 Å². The Kier molecular flexibility index (Phi) is 6.70. The molecule has 2 rings (SSSR count). The largest absolute Gasteiger partial charge is 0.503 e. The smallest absolute Gasteiger partial charge is 0.325 e. The third kappa shape index (κ3) is 5.40. The van der Waals surface area contributed by atoms with E-state index in [2.05, 4.69) is 10.3 Å². The van der Waals surface area contributed by atoms with Crippen LogP contribution in [0, 0.1) is 12.7 Å². The highest BCUT2D eigenvalue weighted by Crippen LogP contribution is 2.27. The van der Waals surface area contributed by atoms with Crippen LogP contribution in [0.1, 0.15) is 28.5 Å². The Bertz CT molecular complexity index is 841. The number of nitrogens with zero attached hydrogens (tertiary/aromatic N) is 1.